The number of hydrogen-bond donors (Lipinski definition) is 2. The quantitative estimate of drug-likeness (QED) is 0.793. The van der Waals surface area contributed by atoms with E-state index in [1.54, 1.807) is 7.05 Å². The van der Waals surface area contributed by atoms with Crippen molar-refractivity contribution in [2.24, 2.45) is 5.92 Å². The zero-order chi connectivity index (χ0) is 16.9. The van der Waals surface area contributed by atoms with Crippen LogP contribution >= 0.6 is 0 Å². The molecule has 1 aromatic rings. The summed E-state index contributed by atoms with van der Waals surface area (Å²) in [4.78, 5) is 27.1. The van der Waals surface area contributed by atoms with E-state index in [4.69, 9.17) is 0 Å². The maximum atomic E-state index is 12.6. The van der Waals surface area contributed by atoms with E-state index in [1.807, 2.05) is 30.3 Å². The van der Waals surface area contributed by atoms with Gasteiger partial charge in [0.05, 0.1) is 12.1 Å². The zero-order valence-electron chi connectivity index (χ0n) is 14.3. The highest BCUT2D eigenvalue weighted by Gasteiger charge is 2.38. The van der Waals surface area contributed by atoms with E-state index in [-0.39, 0.29) is 23.9 Å². The molecule has 1 saturated heterocycles. The van der Waals surface area contributed by atoms with Gasteiger partial charge >= 0.3 is 0 Å². The maximum Gasteiger partial charge on any atom is 0.237 e. The van der Waals surface area contributed by atoms with Crippen molar-refractivity contribution >= 4 is 11.8 Å². The third-order valence-corrected chi connectivity index (χ3v) is 5.08. The van der Waals surface area contributed by atoms with Crippen molar-refractivity contribution in [3.05, 3.63) is 35.9 Å². The molecule has 0 bridgehead atoms. The molecule has 2 aliphatic rings. The Labute approximate surface area is 143 Å². The minimum atomic E-state index is -0.295. The van der Waals surface area contributed by atoms with Crippen molar-refractivity contribution in [2.45, 2.75) is 44.2 Å². The molecule has 0 spiro atoms. The number of nitrogens with one attached hydrogen (secondary N) is 2. The molecule has 2 N–H and O–H groups in total. The van der Waals surface area contributed by atoms with Crippen molar-refractivity contribution in [1.82, 2.24) is 15.5 Å². The van der Waals surface area contributed by atoms with E-state index in [9.17, 15) is 9.59 Å². The van der Waals surface area contributed by atoms with Crippen LogP contribution in [-0.2, 0) is 16.0 Å². The molecule has 1 aliphatic carbocycles. The van der Waals surface area contributed by atoms with Crippen LogP contribution in [0.25, 0.3) is 0 Å². The summed E-state index contributed by atoms with van der Waals surface area (Å²) >= 11 is 0. The maximum absolute atomic E-state index is 12.6. The molecule has 2 unspecified atom stereocenters. The second-order valence-corrected chi connectivity index (χ2v) is 6.90. The summed E-state index contributed by atoms with van der Waals surface area (Å²) < 4.78 is 0. The number of hydrogen-bond acceptors (Lipinski definition) is 3. The van der Waals surface area contributed by atoms with Crippen LogP contribution in [0.4, 0.5) is 0 Å². The Balaban J connectivity index is 1.69. The first-order valence-corrected chi connectivity index (χ1v) is 8.98. The minimum absolute atomic E-state index is 0.0132. The molecule has 5 nitrogen and oxygen atoms in total. The van der Waals surface area contributed by atoms with Gasteiger partial charge in [-0.3, -0.25) is 14.5 Å². The van der Waals surface area contributed by atoms with E-state index in [1.165, 1.54) is 12.8 Å². The average Bonchev–Trinajstić information content (AvgIpc) is 3.32. The molecule has 2 fully saturated rings. The fraction of sp³-hybridized carbons (Fsp3) is 0.579. The summed E-state index contributed by atoms with van der Waals surface area (Å²) in [6.07, 6.45) is 4.88. The van der Waals surface area contributed by atoms with Crippen molar-refractivity contribution < 1.29 is 9.59 Å². The van der Waals surface area contributed by atoms with Crippen LogP contribution in [0.1, 0.15) is 31.2 Å². The standard InChI is InChI=1S/C19H27N3O2/c1-20-18(23)17(12-14-6-3-2-4-7-14)22-11-5-8-16(22)19(24)21-13-15-9-10-15/h2-4,6-7,15-17H,5,8-13H2,1H3,(H,20,23)(H,21,24). The molecule has 0 aromatic heterocycles. The summed E-state index contributed by atoms with van der Waals surface area (Å²) in [7, 11) is 1.67. The molecule has 1 aliphatic heterocycles. The molecule has 1 aromatic carbocycles. The number of likely N-dealkylation sites (tertiary alicyclic amines) is 1. The predicted octanol–water partition coefficient (Wildman–Crippen LogP) is 1.33. The molecule has 2 amide bonds. The highest BCUT2D eigenvalue weighted by Crippen LogP contribution is 2.28. The predicted molar refractivity (Wildman–Crippen MR) is 93.5 cm³/mol. The molecule has 130 valence electrons. The largest absolute Gasteiger partial charge is 0.358 e. The molecule has 3 rings (SSSR count). The molecule has 1 heterocycles. The van der Waals surface area contributed by atoms with Gasteiger partial charge in [0.1, 0.15) is 0 Å². The Kier molecular flexibility index (Phi) is 5.51. The van der Waals surface area contributed by atoms with Crippen LogP contribution < -0.4 is 10.6 Å². The molecule has 1 saturated carbocycles. The van der Waals surface area contributed by atoms with Gasteiger partial charge in [0.2, 0.25) is 11.8 Å². The number of rotatable bonds is 7. The summed E-state index contributed by atoms with van der Waals surface area (Å²) in [5.74, 6) is 0.741. The van der Waals surface area contributed by atoms with Crippen molar-refractivity contribution in [3.8, 4) is 0 Å². The normalized spacial score (nSPS) is 22.1. The SMILES string of the molecule is CNC(=O)C(Cc1ccccc1)N1CCCC1C(=O)NCC1CC1. The van der Waals surface area contributed by atoms with Crippen molar-refractivity contribution in [3.63, 3.8) is 0 Å². The topological polar surface area (TPSA) is 61.4 Å². The van der Waals surface area contributed by atoms with E-state index in [0.717, 1.165) is 31.5 Å². The third kappa shape index (κ3) is 4.15. The first-order valence-electron chi connectivity index (χ1n) is 8.98. The fourth-order valence-electron chi connectivity index (χ4n) is 3.49. The zero-order valence-corrected chi connectivity index (χ0v) is 14.3. The first-order chi connectivity index (χ1) is 11.7. The van der Waals surface area contributed by atoms with Gasteiger partial charge in [-0.25, -0.2) is 0 Å². The van der Waals surface area contributed by atoms with Gasteiger partial charge in [0.15, 0.2) is 0 Å². The Hall–Kier alpha value is -1.88. The number of likely N-dealkylation sites (N-methyl/N-ethyl adjacent to an activating group) is 1. The first kappa shape index (κ1) is 17.0. The average molecular weight is 329 g/mol. The summed E-state index contributed by atoms with van der Waals surface area (Å²) in [5, 5.41) is 5.85. The van der Waals surface area contributed by atoms with E-state index < -0.39 is 0 Å². The number of amides is 2. The number of carbonyl (C=O) groups excluding carboxylic acids is 2. The van der Waals surface area contributed by atoms with Gasteiger partial charge in [0.25, 0.3) is 0 Å². The van der Waals surface area contributed by atoms with Gasteiger partial charge in [-0.05, 0) is 50.1 Å². The number of carbonyl (C=O) groups is 2. The lowest BCUT2D eigenvalue weighted by Crippen LogP contribution is -2.53. The van der Waals surface area contributed by atoms with E-state index >= 15 is 0 Å². The molecular weight excluding hydrogens is 302 g/mol. The van der Waals surface area contributed by atoms with Crippen LogP contribution in [0.2, 0.25) is 0 Å². The summed E-state index contributed by atoms with van der Waals surface area (Å²) in [6, 6.07) is 9.54. The third-order valence-electron chi connectivity index (χ3n) is 5.08. The van der Waals surface area contributed by atoms with Crippen LogP contribution in [0.3, 0.4) is 0 Å². The van der Waals surface area contributed by atoms with Crippen LogP contribution in [-0.4, -0.2) is 48.9 Å². The van der Waals surface area contributed by atoms with Crippen LogP contribution in [0.15, 0.2) is 30.3 Å². The van der Waals surface area contributed by atoms with Gasteiger partial charge in [-0.1, -0.05) is 30.3 Å². The van der Waals surface area contributed by atoms with Gasteiger partial charge in [-0.15, -0.1) is 0 Å². The van der Waals surface area contributed by atoms with Gasteiger partial charge in [0, 0.05) is 13.6 Å². The van der Waals surface area contributed by atoms with E-state index in [2.05, 4.69) is 15.5 Å². The van der Waals surface area contributed by atoms with Crippen molar-refractivity contribution in [2.75, 3.05) is 20.1 Å². The molecule has 2 atom stereocenters. The second-order valence-electron chi connectivity index (χ2n) is 6.90. The molecule has 5 heteroatoms. The van der Waals surface area contributed by atoms with Gasteiger partial charge < -0.3 is 10.6 Å². The molecule has 0 radical (unpaired) electrons. The van der Waals surface area contributed by atoms with Crippen molar-refractivity contribution in [1.29, 1.82) is 0 Å². The number of benzene rings is 1. The molecule has 24 heavy (non-hydrogen) atoms. The van der Waals surface area contributed by atoms with Crippen LogP contribution in [0.5, 0.6) is 0 Å². The minimum Gasteiger partial charge on any atom is -0.358 e. The summed E-state index contributed by atoms with van der Waals surface area (Å²) in [5.41, 5.74) is 1.12. The second kappa shape index (κ2) is 7.79. The fourth-order valence-corrected chi connectivity index (χ4v) is 3.49. The smallest absolute Gasteiger partial charge is 0.237 e. The summed E-state index contributed by atoms with van der Waals surface area (Å²) in [6.45, 7) is 1.58. The Morgan fingerprint density at radius 3 is 2.62 bits per heavy atom. The van der Waals surface area contributed by atoms with E-state index in [0.29, 0.717) is 12.3 Å². The lowest BCUT2D eigenvalue weighted by molar-refractivity contribution is -0.131. The highest BCUT2D eigenvalue weighted by molar-refractivity contribution is 5.85. The monoisotopic (exact) mass is 329 g/mol. The van der Waals surface area contributed by atoms with Gasteiger partial charge in [-0.2, -0.15) is 0 Å². The number of nitrogens with zero attached hydrogens (tertiary/aromatic N) is 1. The lowest BCUT2D eigenvalue weighted by Gasteiger charge is -2.31. The Bertz CT molecular complexity index is 571. The molecular formula is C19H27N3O2. The lowest BCUT2D eigenvalue weighted by atomic mass is 10.0. The Morgan fingerprint density at radius 1 is 1.21 bits per heavy atom. The Morgan fingerprint density at radius 2 is 1.96 bits per heavy atom. The highest BCUT2D eigenvalue weighted by atomic mass is 16.2. The van der Waals surface area contributed by atoms with Crippen LogP contribution in [0, 0.1) is 5.92 Å².